The van der Waals surface area contributed by atoms with E-state index in [1.54, 1.807) is 17.2 Å². The van der Waals surface area contributed by atoms with Gasteiger partial charge in [0.1, 0.15) is 18.5 Å². The Balaban J connectivity index is 0.000000396. The summed E-state index contributed by atoms with van der Waals surface area (Å²) < 4.78 is 35.4. The molecule has 9 nitrogen and oxygen atoms in total. The minimum absolute atomic E-state index is 0.00601. The molecule has 0 aliphatic carbocycles. The Bertz CT molecular complexity index is 970. The van der Waals surface area contributed by atoms with Gasteiger partial charge in [-0.15, -0.1) is 0 Å². The number of aromatic nitrogens is 5. The van der Waals surface area contributed by atoms with Gasteiger partial charge in [-0.05, 0) is 18.6 Å². The molecule has 1 aromatic carbocycles. The summed E-state index contributed by atoms with van der Waals surface area (Å²) in [6.45, 7) is 3.01. The monoisotopic (exact) mass is 424 g/mol. The van der Waals surface area contributed by atoms with Crippen LogP contribution in [0.25, 0.3) is 5.69 Å². The van der Waals surface area contributed by atoms with Crippen molar-refractivity contribution in [2.75, 3.05) is 0 Å². The maximum Gasteiger partial charge on any atom is 0.490 e. The number of nitrogens with one attached hydrogen (secondary N) is 1. The molecule has 0 bridgehead atoms. The van der Waals surface area contributed by atoms with Crippen molar-refractivity contribution in [2.24, 2.45) is 0 Å². The number of aryl methyl sites for hydroxylation is 2. The second kappa shape index (κ2) is 10.2. The Labute approximate surface area is 169 Å². The van der Waals surface area contributed by atoms with Gasteiger partial charge >= 0.3 is 12.1 Å². The molecule has 0 aliphatic rings. The van der Waals surface area contributed by atoms with E-state index in [1.165, 1.54) is 6.33 Å². The topological polar surface area (TPSA) is 115 Å². The lowest BCUT2D eigenvalue weighted by atomic mass is 10.1. The summed E-state index contributed by atoms with van der Waals surface area (Å²) in [6.07, 6.45) is 2.08. The molecule has 3 rings (SSSR count). The number of carboxylic acid groups (broad SMARTS) is 1. The van der Waals surface area contributed by atoms with E-state index >= 15 is 0 Å². The average Bonchev–Trinajstić information content (AvgIpc) is 3.36. The number of rotatable bonds is 6. The summed E-state index contributed by atoms with van der Waals surface area (Å²) in [7, 11) is 0. The number of hydrogen-bond acceptors (Lipinski definition) is 5. The first-order chi connectivity index (χ1) is 14.2. The van der Waals surface area contributed by atoms with Crippen LogP contribution in [-0.4, -0.2) is 47.5 Å². The maximum atomic E-state index is 12.0. The summed E-state index contributed by atoms with van der Waals surface area (Å²) in [5, 5.41) is 14.2. The lowest BCUT2D eigenvalue weighted by Gasteiger charge is -2.10. The van der Waals surface area contributed by atoms with Crippen LogP contribution >= 0.6 is 0 Å². The van der Waals surface area contributed by atoms with Crippen molar-refractivity contribution in [2.45, 2.75) is 32.6 Å². The van der Waals surface area contributed by atoms with Crippen LogP contribution in [0.3, 0.4) is 0 Å². The van der Waals surface area contributed by atoms with E-state index in [-0.39, 0.29) is 5.91 Å². The molecule has 2 aromatic heterocycles. The zero-order valence-corrected chi connectivity index (χ0v) is 15.9. The Morgan fingerprint density at radius 1 is 1.23 bits per heavy atom. The van der Waals surface area contributed by atoms with Gasteiger partial charge in [-0.3, -0.25) is 4.79 Å². The molecule has 0 saturated carbocycles. The Hall–Kier alpha value is -3.70. The number of amides is 1. The number of nitrogens with zero attached hydrogens (tertiary/aromatic N) is 5. The summed E-state index contributed by atoms with van der Waals surface area (Å²) in [5.41, 5.74) is 1.90. The van der Waals surface area contributed by atoms with E-state index in [9.17, 15) is 18.0 Å². The van der Waals surface area contributed by atoms with Crippen molar-refractivity contribution in [3.05, 3.63) is 60.7 Å². The number of benzene rings is 1. The van der Waals surface area contributed by atoms with Gasteiger partial charge < -0.3 is 15.0 Å². The van der Waals surface area contributed by atoms with E-state index in [1.807, 2.05) is 42.0 Å². The second-order valence-electron chi connectivity index (χ2n) is 5.97. The molecule has 1 amide bonds. The number of aliphatic carboxylic acids is 1. The molecule has 0 unspecified atom stereocenters. The number of halogens is 3. The van der Waals surface area contributed by atoms with Crippen molar-refractivity contribution >= 4 is 11.9 Å². The molecule has 0 aliphatic heterocycles. The molecular weight excluding hydrogens is 405 g/mol. The van der Waals surface area contributed by atoms with Crippen LogP contribution in [0.5, 0.6) is 0 Å². The number of hydrogen-bond donors (Lipinski definition) is 2. The maximum absolute atomic E-state index is 12.0. The third kappa shape index (κ3) is 6.72. The highest BCUT2D eigenvalue weighted by Gasteiger charge is 2.38. The van der Waals surface area contributed by atoms with E-state index < -0.39 is 12.1 Å². The largest absolute Gasteiger partial charge is 0.490 e. The fourth-order valence-corrected chi connectivity index (χ4v) is 2.36. The molecular formula is C18H19F3N6O3. The van der Waals surface area contributed by atoms with E-state index in [0.29, 0.717) is 19.5 Å². The van der Waals surface area contributed by atoms with Gasteiger partial charge in [-0.2, -0.15) is 18.3 Å². The highest BCUT2D eigenvalue weighted by atomic mass is 19.4. The summed E-state index contributed by atoms with van der Waals surface area (Å²) >= 11 is 0. The summed E-state index contributed by atoms with van der Waals surface area (Å²) in [5.74, 6) is -1.84. The first kappa shape index (κ1) is 22.6. The predicted molar refractivity (Wildman–Crippen MR) is 98.5 cm³/mol. The molecule has 160 valence electrons. The quantitative estimate of drug-likeness (QED) is 0.626. The van der Waals surface area contributed by atoms with Crippen LogP contribution in [0, 0.1) is 6.92 Å². The van der Waals surface area contributed by atoms with Crippen molar-refractivity contribution in [3.63, 3.8) is 0 Å². The van der Waals surface area contributed by atoms with Crippen LogP contribution < -0.4 is 5.32 Å². The molecule has 12 heteroatoms. The Morgan fingerprint density at radius 2 is 1.93 bits per heavy atom. The molecule has 3 aromatic rings. The molecule has 0 fully saturated rings. The van der Waals surface area contributed by atoms with Crippen LogP contribution in [0.2, 0.25) is 0 Å². The normalized spacial score (nSPS) is 10.8. The van der Waals surface area contributed by atoms with Gasteiger partial charge in [0.15, 0.2) is 0 Å². The van der Waals surface area contributed by atoms with E-state index in [0.717, 1.165) is 17.1 Å². The second-order valence-corrected chi connectivity index (χ2v) is 5.97. The van der Waals surface area contributed by atoms with Gasteiger partial charge in [0.2, 0.25) is 5.91 Å². The summed E-state index contributed by atoms with van der Waals surface area (Å²) in [6, 6.07) is 7.79. The Kier molecular flexibility index (Phi) is 7.67. The number of carbonyl (C=O) groups excluding carboxylic acids is 1. The summed E-state index contributed by atoms with van der Waals surface area (Å²) in [4.78, 5) is 29.0. The molecule has 0 saturated heterocycles. The van der Waals surface area contributed by atoms with Crippen LogP contribution in [-0.2, 0) is 22.7 Å². The van der Waals surface area contributed by atoms with Crippen LogP contribution in [0.15, 0.2) is 49.3 Å². The third-order valence-electron chi connectivity index (χ3n) is 3.88. The molecule has 0 radical (unpaired) electrons. The fourth-order valence-electron chi connectivity index (χ4n) is 2.36. The number of carbonyl (C=O) groups is 2. The van der Waals surface area contributed by atoms with E-state index in [2.05, 4.69) is 20.4 Å². The van der Waals surface area contributed by atoms with Crippen LogP contribution in [0.1, 0.15) is 17.8 Å². The highest BCUT2D eigenvalue weighted by Crippen LogP contribution is 2.13. The predicted octanol–water partition coefficient (Wildman–Crippen LogP) is 2.11. The lowest BCUT2D eigenvalue weighted by Crippen LogP contribution is -2.24. The fraction of sp³-hybridized carbons (Fsp3) is 0.278. The van der Waals surface area contributed by atoms with Gasteiger partial charge in [-0.25, -0.2) is 19.4 Å². The van der Waals surface area contributed by atoms with E-state index in [4.69, 9.17) is 9.90 Å². The molecule has 30 heavy (non-hydrogen) atoms. The highest BCUT2D eigenvalue weighted by molar-refractivity contribution is 5.76. The Morgan fingerprint density at radius 3 is 2.50 bits per heavy atom. The number of carboxylic acids is 1. The molecule has 2 N–H and O–H groups in total. The van der Waals surface area contributed by atoms with Crippen molar-refractivity contribution in [3.8, 4) is 5.69 Å². The first-order valence-electron chi connectivity index (χ1n) is 8.66. The van der Waals surface area contributed by atoms with Gasteiger partial charge in [-0.1, -0.05) is 18.2 Å². The molecule has 0 spiro atoms. The SMILES string of the molecule is Cc1nccn1CCC(=O)NCc1ccccc1-n1cncn1.O=C(O)C(F)(F)F. The standard InChI is InChI=1S/C16H18N6O.C2HF3O2/c1-13-18-7-9-21(13)8-6-16(23)19-10-14-4-2-3-5-15(14)22-12-17-11-20-22;3-2(4,5)1(6)7/h2-5,7,9,11-12H,6,8,10H2,1H3,(H,19,23);(H,6,7). The minimum Gasteiger partial charge on any atom is -0.475 e. The van der Waals surface area contributed by atoms with Gasteiger partial charge in [0.25, 0.3) is 0 Å². The lowest BCUT2D eigenvalue weighted by molar-refractivity contribution is -0.192. The third-order valence-corrected chi connectivity index (χ3v) is 3.88. The van der Waals surface area contributed by atoms with Gasteiger partial charge in [0.05, 0.1) is 5.69 Å². The van der Waals surface area contributed by atoms with Crippen molar-refractivity contribution < 1.29 is 27.9 Å². The number of para-hydroxylation sites is 1. The zero-order valence-electron chi connectivity index (χ0n) is 15.9. The number of imidazole rings is 1. The molecule has 2 heterocycles. The van der Waals surface area contributed by atoms with Gasteiger partial charge in [0, 0.05) is 31.9 Å². The first-order valence-corrected chi connectivity index (χ1v) is 8.66. The van der Waals surface area contributed by atoms with Crippen LogP contribution in [0.4, 0.5) is 13.2 Å². The zero-order chi connectivity index (χ0) is 22.1. The smallest absolute Gasteiger partial charge is 0.475 e. The minimum atomic E-state index is -5.08. The van der Waals surface area contributed by atoms with Crippen molar-refractivity contribution in [1.29, 1.82) is 0 Å². The number of alkyl halides is 3. The van der Waals surface area contributed by atoms with Crippen molar-refractivity contribution in [1.82, 2.24) is 29.6 Å². The molecule has 0 atom stereocenters. The average molecular weight is 424 g/mol.